The van der Waals surface area contributed by atoms with Crippen LogP contribution in [-0.2, 0) is 19.7 Å². The molecule has 0 saturated carbocycles. The molecule has 2 rings (SSSR count). The molecule has 6 heteroatoms. The van der Waals surface area contributed by atoms with Crippen LogP contribution in [0.15, 0.2) is 18.2 Å². The fourth-order valence-corrected chi connectivity index (χ4v) is 2.17. The number of aryl methyl sites for hydroxylation is 2. The van der Waals surface area contributed by atoms with Crippen molar-refractivity contribution in [3.8, 4) is 5.75 Å². The van der Waals surface area contributed by atoms with Gasteiger partial charge in [0, 0.05) is 19.2 Å². The number of nitrogens with zero attached hydrogens (tertiary/aromatic N) is 2. The van der Waals surface area contributed by atoms with Crippen molar-refractivity contribution in [1.29, 1.82) is 0 Å². The molecule has 1 aromatic carbocycles. The first-order valence-corrected chi connectivity index (χ1v) is 6.77. The van der Waals surface area contributed by atoms with E-state index in [1.54, 1.807) is 10.7 Å². The smallest absolute Gasteiger partial charge is 0.131 e. The molecule has 0 fully saturated rings. The molecule has 2 N–H and O–H groups in total. The Balaban J connectivity index is 2.18. The first-order valence-electron chi connectivity index (χ1n) is 6.39. The predicted molar refractivity (Wildman–Crippen MR) is 76.3 cm³/mol. The van der Waals surface area contributed by atoms with E-state index >= 15 is 0 Å². The second-order valence-electron chi connectivity index (χ2n) is 4.45. The van der Waals surface area contributed by atoms with Crippen molar-refractivity contribution in [2.24, 2.45) is 5.73 Å². The lowest BCUT2D eigenvalue weighted by Gasteiger charge is -2.09. The molecule has 0 bridgehead atoms. The molecular formula is C14H17ClFN3O. The largest absolute Gasteiger partial charge is 0.487 e. The van der Waals surface area contributed by atoms with E-state index in [1.165, 1.54) is 12.1 Å². The van der Waals surface area contributed by atoms with E-state index in [4.69, 9.17) is 22.1 Å². The van der Waals surface area contributed by atoms with Crippen LogP contribution in [0.5, 0.6) is 5.75 Å². The van der Waals surface area contributed by atoms with Gasteiger partial charge in [0.25, 0.3) is 0 Å². The highest BCUT2D eigenvalue weighted by atomic mass is 35.5. The summed E-state index contributed by atoms with van der Waals surface area (Å²) >= 11 is 6.19. The number of benzene rings is 1. The molecule has 0 spiro atoms. The zero-order valence-electron chi connectivity index (χ0n) is 11.5. The maximum absolute atomic E-state index is 13.4. The van der Waals surface area contributed by atoms with Crippen LogP contribution < -0.4 is 10.5 Å². The fraction of sp³-hybridized carbons (Fsp3) is 0.357. The maximum atomic E-state index is 13.4. The zero-order valence-corrected chi connectivity index (χ0v) is 12.2. The van der Waals surface area contributed by atoms with Crippen LogP contribution in [0.1, 0.15) is 23.9 Å². The molecule has 0 saturated heterocycles. The average molecular weight is 298 g/mol. The van der Waals surface area contributed by atoms with Crippen LogP contribution in [0.25, 0.3) is 0 Å². The molecular weight excluding hydrogens is 281 g/mol. The fourth-order valence-electron chi connectivity index (χ4n) is 1.98. The van der Waals surface area contributed by atoms with Crippen molar-refractivity contribution in [3.05, 3.63) is 46.0 Å². The van der Waals surface area contributed by atoms with Gasteiger partial charge in [0.05, 0.1) is 16.4 Å². The molecule has 0 amide bonds. The van der Waals surface area contributed by atoms with Gasteiger partial charge in [0.1, 0.15) is 18.2 Å². The topological polar surface area (TPSA) is 53.1 Å². The highest BCUT2D eigenvalue weighted by Crippen LogP contribution is 2.23. The van der Waals surface area contributed by atoms with E-state index in [0.717, 1.165) is 11.4 Å². The maximum Gasteiger partial charge on any atom is 0.131 e. The van der Waals surface area contributed by atoms with E-state index < -0.39 is 0 Å². The van der Waals surface area contributed by atoms with Crippen LogP contribution in [0, 0.1) is 12.7 Å². The number of rotatable bonds is 5. The Hall–Kier alpha value is -1.59. The summed E-state index contributed by atoms with van der Waals surface area (Å²) in [5.41, 5.74) is 7.74. The Morgan fingerprint density at radius 3 is 2.80 bits per heavy atom. The van der Waals surface area contributed by atoms with Gasteiger partial charge < -0.3 is 10.5 Å². The van der Waals surface area contributed by atoms with Crippen LogP contribution in [0.4, 0.5) is 4.39 Å². The summed E-state index contributed by atoms with van der Waals surface area (Å²) in [5, 5.41) is 4.89. The van der Waals surface area contributed by atoms with Gasteiger partial charge in [-0.25, -0.2) is 4.39 Å². The van der Waals surface area contributed by atoms with Crippen molar-refractivity contribution in [2.45, 2.75) is 33.5 Å². The molecule has 1 aromatic heterocycles. The van der Waals surface area contributed by atoms with Gasteiger partial charge in [-0.05, 0) is 31.5 Å². The minimum atomic E-state index is -0.366. The summed E-state index contributed by atoms with van der Waals surface area (Å²) < 4.78 is 20.8. The van der Waals surface area contributed by atoms with Gasteiger partial charge in [-0.1, -0.05) is 11.6 Å². The van der Waals surface area contributed by atoms with E-state index in [-0.39, 0.29) is 19.0 Å². The van der Waals surface area contributed by atoms with Gasteiger partial charge >= 0.3 is 0 Å². The molecule has 1 heterocycles. The summed E-state index contributed by atoms with van der Waals surface area (Å²) in [7, 11) is 0. The Morgan fingerprint density at radius 2 is 2.15 bits per heavy atom. The third-order valence-electron chi connectivity index (χ3n) is 3.00. The number of halogens is 2. The van der Waals surface area contributed by atoms with Crippen molar-refractivity contribution in [1.82, 2.24) is 9.78 Å². The summed E-state index contributed by atoms with van der Waals surface area (Å²) in [4.78, 5) is 0. The van der Waals surface area contributed by atoms with Crippen molar-refractivity contribution in [3.63, 3.8) is 0 Å². The number of nitrogens with two attached hydrogens (primary N) is 1. The number of hydrogen-bond donors (Lipinski definition) is 1. The summed E-state index contributed by atoms with van der Waals surface area (Å²) in [6, 6.07) is 4.43. The van der Waals surface area contributed by atoms with Crippen molar-refractivity contribution in [2.75, 3.05) is 0 Å². The molecule has 0 unspecified atom stereocenters. The molecule has 0 radical (unpaired) electrons. The summed E-state index contributed by atoms with van der Waals surface area (Å²) in [5.74, 6) is 0.0669. The highest BCUT2D eigenvalue weighted by Gasteiger charge is 2.13. The molecule has 0 aliphatic heterocycles. The summed E-state index contributed by atoms with van der Waals surface area (Å²) in [6.07, 6.45) is 0. The number of hydrogen-bond acceptors (Lipinski definition) is 3. The standard InChI is InChI=1S/C14H17ClFN3O/c1-3-19-13(14(15)9(2)18-19)8-20-12-5-10(7-17)4-11(16)6-12/h4-6H,3,7-8,17H2,1-2H3. The van der Waals surface area contributed by atoms with Gasteiger partial charge in [0.2, 0.25) is 0 Å². The second-order valence-corrected chi connectivity index (χ2v) is 4.83. The number of aromatic nitrogens is 2. The van der Waals surface area contributed by atoms with E-state index in [0.29, 0.717) is 22.9 Å². The lowest BCUT2D eigenvalue weighted by atomic mass is 10.2. The predicted octanol–water partition coefficient (Wildman–Crippen LogP) is 3.04. The molecule has 108 valence electrons. The summed E-state index contributed by atoms with van der Waals surface area (Å²) in [6.45, 7) is 5.01. The Bertz CT molecular complexity index is 613. The Morgan fingerprint density at radius 1 is 1.40 bits per heavy atom. The van der Waals surface area contributed by atoms with Gasteiger partial charge in [-0.3, -0.25) is 4.68 Å². The molecule has 20 heavy (non-hydrogen) atoms. The van der Waals surface area contributed by atoms with E-state index in [2.05, 4.69) is 5.10 Å². The SMILES string of the molecule is CCn1nc(C)c(Cl)c1COc1cc(F)cc(CN)c1. The van der Waals surface area contributed by atoms with Crippen LogP contribution in [0.2, 0.25) is 5.02 Å². The van der Waals surface area contributed by atoms with Gasteiger partial charge in [-0.2, -0.15) is 5.10 Å². The second kappa shape index (κ2) is 6.24. The molecule has 2 aromatic rings. The van der Waals surface area contributed by atoms with E-state index in [9.17, 15) is 4.39 Å². The van der Waals surface area contributed by atoms with Crippen LogP contribution in [-0.4, -0.2) is 9.78 Å². The van der Waals surface area contributed by atoms with Crippen molar-refractivity contribution >= 4 is 11.6 Å². The first-order chi connectivity index (χ1) is 9.55. The monoisotopic (exact) mass is 297 g/mol. The third-order valence-corrected chi connectivity index (χ3v) is 3.49. The quantitative estimate of drug-likeness (QED) is 0.923. The van der Waals surface area contributed by atoms with Crippen LogP contribution in [0.3, 0.4) is 0 Å². The lowest BCUT2D eigenvalue weighted by molar-refractivity contribution is 0.291. The Kier molecular flexibility index (Phi) is 4.62. The molecule has 0 atom stereocenters. The van der Waals surface area contributed by atoms with Gasteiger partial charge in [0.15, 0.2) is 0 Å². The first kappa shape index (κ1) is 14.8. The zero-order chi connectivity index (χ0) is 14.7. The van der Waals surface area contributed by atoms with E-state index in [1.807, 2.05) is 13.8 Å². The Labute approximate surface area is 122 Å². The average Bonchev–Trinajstić information content (AvgIpc) is 2.71. The highest BCUT2D eigenvalue weighted by molar-refractivity contribution is 6.31. The molecule has 0 aliphatic carbocycles. The minimum absolute atomic E-state index is 0.237. The normalized spacial score (nSPS) is 10.8. The molecule has 4 nitrogen and oxygen atoms in total. The van der Waals surface area contributed by atoms with Crippen LogP contribution >= 0.6 is 11.6 Å². The lowest BCUT2D eigenvalue weighted by Crippen LogP contribution is -2.07. The van der Waals surface area contributed by atoms with Crippen molar-refractivity contribution < 1.29 is 9.13 Å². The minimum Gasteiger partial charge on any atom is -0.487 e. The number of ether oxygens (including phenoxy) is 1. The van der Waals surface area contributed by atoms with Gasteiger partial charge in [-0.15, -0.1) is 0 Å². The molecule has 0 aliphatic rings. The third kappa shape index (κ3) is 3.11.